The molecule has 23 heavy (non-hydrogen) atoms. The molecular formula is C15H11ClN6O. The highest BCUT2D eigenvalue weighted by atomic mass is 35.5. The molecule has 0 aliphatic rings. The number of hydrogen-bond donors (Lipinski definition) is 2. The maximum Gasteiger partial charge on any atom is 0.243 e. The Morgan fingerprint density at radius 2 is 1.96 bits per heavy atom. The Morgan fingerprint density at radius 3 is 2.78 bits per heavy atom. The lowest BCUT2D eigenvalue weighted by atomic mass is 10.3. The molecule has 114 valence electrons. The summed E-state index contributed by atoms with van der Waals surface area (Å²) in [6.07, 6.45) is 5.29. The number of rotatable bonds is 3. The van der Waals surface area contributed by atoms with Gasteiger partial charge in [0.2, 0.25) is 5.28 Å². The number of benzene rings is 1. The van der Waals surface area contributed by atoms with Crippen molar-refractivity contribution in [2.75, 3.05) is 5.32 Å². The largest absolute Gasteiger partial charge is 0.508 e. The summed E-state index contributed by atoms with van der Waals surface area (Å²) in [5.41, 5.74) is 1.69. The van der Waals surface area contributed by atoms with Crippen LogP contribution in [0, 0.1) is 0 Å². The molecule has 0 radical (unpaired) electrons. The number of imidazole rings is 1. The molecule has 3 heterocycles. The van der Waals surface area contributed by atoms with Gasteiger partial charge >= 0.3 is 0 Å². The molecule has 0 bridgehead atoms. The van der Waals surface area contributed by atoms with E-state index >= 15 is 0 Å². The van der Waals surface area contributed by atoms with Crippen LogP contribution in [0.3, 0.4) is 0 Å². The molecule has 4 aromatic rings. The molecule has 1 aromatic carbocycles. The van der Waals surface area contributed by atoms with E-state index in [9.17, 15) is 5.11 Å². The molecular weight excluding hydrogens is 316 g/mol. The van der Waals surface area contributed by atoms with Gasteiger partial charge in [0.05, 0.1) is 6.20 Å². The van der Waals surface area contributed by atoms with Gasteiger partial charge in [0.15, 0.2) is 5.82 Å². The average molecular weight is 327 g/mol. The standard InChI is InChI=1S/C15H11ClN6O/c16-15-19-14(12-2-1-7-22(12)20-15)18-13-8-21(9-17-13)10-3-5-11(23)6-4-10/h1-9,23H,(H,18,19,20). The molecule has 8 heteroatoms. The fourth-order valence-corrected chi connectivity index (χ4v) is 2.44. The number of phenols is 1. The second-order valence-corrected chi connectivity index (χ2v) is 5.21. The van der Waals surface area contributed by atoms with Gasteiger partial charge < -0.3 is 15.0 Å². The first-order valence-electron chi connectivity index (χ1n) is 6.80. The van der Waals surface area contributed by atoms with Crippen LogP contribution >= 0.6 is 11.6 Å². The Morgan fingerprint density at radius 1 is 1.13 bits per heavy atom. The number of nitrogens with zero attached hydrogens (tertiary/aromatic N) is 5. The lowest BCUT2D eigenvalue weighted by Gasteiger charge is -2.05. The summed E-state index contributed by atoms with van der Waals surface area (Å²) < 4.78 is 3.48. The lowest BCUT2D eigenvalue weighted by molar-refractivity contribution is 0.475. The summed E-state index contributed by atoms with van der Waals surface area (Å²) in [5.74, 6) is 1.42. The summed E-state index contributed by atoms with van der Waals surface area (Å²) in [7, 11) is 0. The van der Waals surface area contributed by atoms with Gasteiger partial charge in [-0.3, -0.25) is 0 Å². The summed E-state index contributed by atoms with van der Waals surface area (Å²) in [6, 6.07) is 10.6. The van der Waals surface area contributed by atoms with Crippen LogP contribution in [0.15, 0.2) is 55.1 Å². The van der Waals surface area contributed by atoms with E-state index in [0.29, 0.717) is 11.6 Å². The van der Waals surface area contributed by atoms with Crippen LogP contribution in [0.4, 0.5) is 11.6 Å². The van der Waals surface area contributed by atoms with Gasteiger partial charge in [0.1, 0.15) is 23.4 Å². The normalized spacial score (nSPS) is 11.0. The zero-order chi connectivity index (χ0) is 15.8. The highest BCUT2D eigenvalue weighted by Gasteiger charge is 2.08. The average Bonchev–Trinajstić information content (AvgIpc) is 3.17. The number of anilines is 2. The number of phenolic OH excluding ortho intramolecular Hbond substituents is 1. The molecule has 3 aromatic heterocycles. The molecule has 0 amide bonds. The minimum atomic E-state index is 0.147. The van der Waals surface area contributed by atoms with Crippen molar-refractivity contribution in [1.29, 1.82) is 0 Å². The third kappa shape index (κ3) is 2.58. The van der Waals surface area contributed by atoms with Crippen molar-refractivity contribution in [1.82, 2.24) is 24.1 Å². The zero-order valence-electron chi connectivity index (χ0n) is 11.8. The van der Waals surface area contributed by atoms with Crippen LogP contribution in [0.5, 0.6) is 5.75 Å². The van der Waals surface area contributed by atoms with Gasteiger partial charge in [-0.15, -0.1) is 5.10 Å². The van der Waals surface area contributed by atoms with Crippen molar-refractivity contribution in [3.8, 4) is 11.4 Å². The summed E-state index contributed by atoms with van der Waals surface area (Å²) in [6.45, 7) is 0. The first kappa shape index (κ1) is 13.6. The van der Waals surface area contributed by atoms with E-state index in [1.165, 1.54) is 0 Å². The molecule has 2 N–H and O–H groups in total. The topological polar surface area (TPSA) is 80.3 Å². The van der Waals surface area contributed by atoms with E-state index < -0.39 is 0 Å². The number of aromatic hydroxyl groups is 1. The number of nitrogens with one attached hydrogen (secondary N) is 1. The predicted molar refractivity (Wildman–Crippen MR) is 86.5 cm³/mol. The molecule has 7 nitrogen and oxygen atoms in total. The van der Waals surface area contributed by atoms with E-state index in [1.807, 2.05) is 22.9 Å². The van der Waals surface area contributed by atoms with Crippen molar-refractivity contribution in [3.63, 3.8) is 0 Å². The molecule has 0 aliphatic carbocycles. The third-order valence-electron chi connectivity index (χ3n) is 3.34. The molecule has 0 spiro atoms. The first-order valence-corrected chi connectivity index (χ1v) is 7.18. The Labute approximate surface area is 135 Å². The van der Waals surface area contributed by atoms with Crippen LogP contribution in [0.2, 0.25) is 5.28 Å². The highest BCUT2D eigenvalue weighted by molar-refractivity contribution is 6.28. The Bertz CT molecular complexity index is 975. The van der Waals surface area contributed by atoms with Gasteiger partial charge in [0, 0.05) is 11.9 Å². The fourth-order valence-electron chi connectivity index (χ4n) is 2.27. The van der Waals surface area contributed by atoms with Gasteiger partial charge in [-0.05, 0) is 48.0 Å². The number of hydrogen-bond acceptors (Lipinski definition) is 5. The Hall–Kier alpha value is -3.06. The number of halogens is 1. The molecule has 0 saturated heterocycles. The van der Waals surface area contributed by atoms with E-state index in [-0.39, 0.29) is 11.0 Å². The number of fused-ring (bicyclic) bond motifs is 1. The fraction of sp³-hybridized carbons (Fsp3) is 0. The molecule has 4 rings (SSSR count). The minimum Gasteiger partial charge on any atom is -0.508 e. The third-order valence-corrected chi connectivity index (χ3v) is 3.50. The van der Waals surface area contributed by atoms with E-state index in [2.05, 4.69) is 20.4 Å². The van der Waals surface area contributed by atoms with Crippen molar-refractivity contribution < 1.29 is 5.11 Å². The quantitative estimate of drug-likeness (QED) is 0.605. The monoisotopic (exact) mass is 326 g/mol. The molecule has 0 aliphatic heterocycles. The molecule has 0 unspecified atom stereocenters. The highest BCUT2D eigenvalue weighted by Crippen LogP contribution is 2.21. The SMILES string of the molecule is Oc1ccc(-n2cnc(Nc3nc(Cl)nn4cccc34)c2)cc1. The van der Waals surface area contributed by atoms with Crippen LogP contribution in [0.1, 0.15) is 0 Å². The first-order chi connectivity index (χ1) is 11.2. The van der Waals surface area contributed by atoms with E-state index in [1.54, 1.807) is 41.3 Å². The van der Waals surface area contributed by atoms with Gasteiger partial charge in [-0.25, -0.2) is 9.50 Å². The van der Waals surface area contributed by atoms with Crippen molar-refractivity contribution in [2.45, 2.75) is 0 Å². The minimum absolute atomic E-state index is 0.147. The Balaban J connectivity index is 1.67. The van der Waals surface area contributed by atoms with Gasteiger partial charge in [-0.2, -0.15) is 4.98 Å². The summed E-state index contributed by atoms with van der Waals surface area (Å²) in [4.78, 5) is 8.51. The lowest BCUT2D eigenvalue weighted by Crippen LogP contribution is -2.01. The van der Waals surface area contributed by atoms with Crippen LogP contribution in [-0.4, -0.2) is 29.3 Å². The van der Waals surface area contributed by atoms with Crippen LogP contribution in [-0.2, 0) is 0 Å². The van der Waals surface area contributed by atoms with E-state index in [0.717, 1.165) is 11.2 Å². The van der Waals surface area contributed by atoms with Crippen molar-refractivity contribution in [2.24, 2.45) is 0 Å². The molecule has 0 saturated carbocycles. The van der Waals surface area contributed by atoms with Gasteiger partial charge in [0.25, 0.3) is 0 Å². The summed E-state index contributed by atoms with van der Waals surface area (Å²) >= 11 is 5.93. The summed E-state index contributed by atoms with van der Waals surface area (Å²) in [5, 5.41) is 16.7. The maximum atomic E-state index is 9.34. The van der Waals surface area contributed by atoms with E-state index in [4.69, 9.17) is 11.6 Å². The van der Waals surface area contributed by atoms with Crippen LogP contribution in [0.25, 0.3) is 11.2 Å². The molecule has 0 fully saturated rings. The predicted octanol–water partition coefficient (Wildman–Crippen LogP) is 3.02. The van der Waals surface area contributed by atoms with Crippen molar-refractivity contribution in [3.05, 3.63) is 60.4 Å². The second kappa shape index (κ2) is 5.29. The zero-order valence-corrected chi connectivity index (χ0v) is 12.5. The Kier molecular flexibility index (Phi) is 3.13. The van der Waals surface area contributed by atoms with Crippen molar-refractivity contribution >= 4 is 28.8 Å². The van der Waals surface area contributed by atoms with Gasteiger partial charge in [-0.1, -0.05) is 0 Å². The maximum absolute atomic E-state index is 9.34. The second-order valence-electron chi connectivity index (χ2n) is 4.88. The smallest absolute Gasteiger partial charge is 0.243 e. The van der Waals surface area contributed by atoms with Crippen LogP contribution < -0.4 is 5.32 Å². The molecule has 0 atom stereocenters. The number of aromatic nitrogens is 5.